The maximum Gasteiger partial charge on any atom is 0.312 e. The quantitative estimate of drug-likeness (QED) is 0.262. The molecule has 3 aliphatic rings. The van der Waals surface area contributed by atoms with Crippen molar-refractivity contribution in [3.05, 3.63) is 67.8 Å². The van der Waals surface area contributed by atoms with E-state index in [9.17, 15) is 19.5 Å². The standard InChI is InChI=1S/C29H31BrN2O6/c1-3-12-31(20-11-10-18-8-5-6-9-19(18)16-20)27(35)25-29-17-21(30)24(38-29)22(28(36)37-15-4-2)23(29)26(34)32(25)13-7-14-33/h3-6,8-11,16,21-25,33H,1-2,7,12-15,17H2/t21?,22-,23-,24-,25?,29?/m0/s1. The number of ether oxygens (including phenoxy) is 2. The van der Waals surface area contributed by atoms with Gasteiger partial charge in [0.1, 0.15) is 18.2 Å². The number of halogens is 1. The fourth-order valence-electron chi connectivity index (χ4n) is 6.34. The molecule has 6 atom stereocenters. The molecule has 3 heterocycles. The van der Waals surface area contributed by atoms with E-state index in [0.717, 1.165) is 10.8 Å². The molecule has 5 rings (SSSR count). The number of nitrogens with zero attached hydrogens (tertiary/aromatic N) is 2. The van der Waals surface area contributed by atoms with Crippen LogP contribution >= 0.6 is 15.9 Å². The van der Waals surface area contributed by atoms with Gasteiger partial charge in [0.15, 0.2) is 0 Å². The number of aliphatic hydroxyl groups is 1. The highest BCUT2D eigenvalue weighted by Crippen LogP contribution is 2.60. The van der Waals surface area contributed by atoms with Crippen molar-refractivity contribution in [2.45, 2.75) is 35.4 Å². The number of aliphatic hydroxyl groups excluding tert-OH is 1. The van der Waals surface area contributed by atoms with Gasteiger partial charge in [-0.05, 0) is 35.7 Å². The summed E-state index contributed by atoms with van der Waals surface area (Å²) in [5.41, 5.74) is -0.524. The highest BCUT2D eigenvalue weighted by Gasteiger charge is 2.77. The van der Waals surface area contributed by atoms with E-state index in [1.165, 1.54) is 11.0 Å². The predicted molar refractivity (Wildman–Crippen MR) is 147 cm³/mol. The maximum absolute atomic E-state index is 14.5. The van der Waals surface area contributed by atoms with E-state index in [2.05, 4.69) is 29.1 Å². The van der Waals surface area contributed by atoms with Crippen molar-refractivity contribution in [3.63, 3.8) is 0 Å². The summed E-state index contributed by atoms with van der Waals surface area (Å²) >= 11 is 3.65. The van der Waals surface area contributed by atoms with Crippen LogP contribution in [0.2, 0.25) is 0 Å². The molecule has 2 bridgehead atoms. The Morgan fingerprint density at radius 3 is 2.68 bits per heavy atom. The zero-order chi connectivity index (χ0) is 27.0. The summed E-state index contributed by atoms with van der Waals surface area (Å²) in [5.74, 6) is -2.87. The molecule has 0 aromatic heterocycles. The molecule has 1 spiro atoms. The molecule has 3 saturated heterocycles. The first kappa shape index (κ1) is 26.6. The van der Waals surface area contributed by atoms with Gasteiger partial charge in [0.2, 0.25) is 5.91 Å². The minimum Gasteiger partial charge on any atom is -0.461 e. The van der Waals surface area contributed by atoms with Crippen LogP contribution in [0.4, 0.5) is 5.69 Å². The molecule has 9 heteroatoms. The van der Waals surface area contributed by atoms with Gasteiger partial charge in [-0.3, -0.25) is 14.4 Å². The van der Waals surface area contributed by atoms with E-state index >= 15 is 0 Å². The van der Waals surface area contributed by atoms with Gasteiger partial charge in [-0.25, -0.2) is 0 Å². The molecule has 0 radical (unpaired) electrons. The third-order valence-corrected chi connectivity index (χ3v) is 8.66. The second-order valence-electron chi connectivity index (χ2n) is 9.96. The largest absolute Gasteiger partial charge is 0.461 e. The van der Waals surface area contributed by atoms with Crippen molar-refractivity contribution in [1.82, 2.24) is 4.90 Å². The van der Waals surface area contributed by atoms with Crippen LogP contribution in [0.5, 0.6) is 0 Å². The van der Waals surface area contributed by atoms with E-state index in [-0.39, 0.29) is 42.9 Å². The van der Waals surface area contributed by atoms with Gasteiger partial charge < -0.3 is 24.4 Å². The van der Waals surface area contributed by atoms with Gasteiger partial charge in [-0.15, -0.1) is 6.58 Å². The highest BCUT2D eigenvalue weighted by atomic mass is 79.9. The van der Waals surface area contributed by atoms with E-state index in [1.54, 1.807) is 11.0 Å². The van der Waals surface area contributed by atoms with E-state index in [4.69, 9.17) is 9.47 Å². The topological polar surface area (TPSA) is 96.4 Å². The highest BCUT2D eigenvalue weighted by molar-refractivity contribution is 9.09. The number of alkyl halides is 1. The molecule has 8 nitrogen and oxygen atoms in total. The first-order chi connectivity index (χ1) is 18.4. The number of benzene rings is 2. The van der Waals surface area contributed by atoms with Crippen LogP contribution in [0.25, 0.3) is 10.8 Å². The lowest BCUT2D eigenvalue weighted by Gasteiger charge is -2.37. The molecule has 3 fully saturated rings. The second-order valence-corrected chi connectivity index (χ2v) is 11.1. The van der Waals surface area contributed by atoms with E-state index in [1.807, 2.05) is 42.5 Å². The number of fused-ring (bicyclic) bond motifs is 2. The van der Waals surface area contributed by atoms with Crippen molar-refractivity contribution >= 4 is 50.2 Å². The van der Waals surface area contributed by atoms with Crippen LogP contribution < -0.4 is 4.90 Å². The number of carbonyl (C=O) groups excluding carboxylic acids is 3. The zero-order valence-electron chi connectivity index (χ0n) is 21.0. The Morgan fingerprint density at radius 1 is 1.21 bits per heavy atom. The average molecular weight is 583 g/mol. The summed E-state index contributed by atoms with van der Waals surface area (Å²) in [5, 5.41) is 11.6. The molecule has 0 aliphatic carbocycles. The molecule has 200 valence electrons. The Labute approximate surface area is 230 Å². The fraction of sp³-hybridized carbons (Fsp3) is 0.414. The molecule has 2 aromatic rings. The molecular formula is C29H31BrN2O6. The summed E-state index contributed by atoms with van der Waals surface area (Å²) in [6.45, 7) is 7.72. The Morgan fingerprint density at radius 2 is 1.97 bits per heavy atom. The van der Waals surface area contributed by atoms with E-state index < -0.39 is 35.6 Å². The van der Waals surface area contributed by atoms with Crippen molar-refractivity contribution < 1.29 is 29.0 Å². The van der Waals surface area contributed by atoms with Gasteiger partial charge in [0.05, 0.1) is 17.9 Å². The summed E-state index contributed by atoms with van der Waals surface area (Å²) in [4.78, 5) is 44.4. The molecule has 3 aliphatic heterocycles. The third kappa shape index (κ3) is 4.17. The maximum atomic E-state index is 14.5. The smallest absolute Gasteiger partial charge is 0.312 e. The lowest BCUT2D eigenvalue weighted by atomic mass is 9.70. The van der Waals surface area contributed by atoms with Crippen LogP contribution in [-0.4, -0.2) is 76.7 Å². The summed E-state index contributed by atoms with van der Waals surface area (Å²) in [6, 6.07) is 12.7. The van der Waals surface area contributed by atoms with Crippen molar-refractivity contribution in [1.29, 1.82) is 0 Å². The molecule has 1 N–H and O–H groups in total. The number of hydrogen-bond acceptors (Lipinski definition) is 6. The van der Waals surface area contributed by atoms with E-state index in [0.29, 0.717) is 18.5 Å². The monoisotopic (exact) mass is 582 g/mol. The average Bonchev–Trinajstić information content (AvgIpc) is 3.51. The molecule has 38 heavy (non-hydrogen) atoms. The van der Waals surface area contributed by atoms with Crippen LogP contribution in [0.15, 0.2) is 67.8 Å². The summed E-state index contributed by atoms with van der Waals surface area (Å²) < 4.78 is 11.8. The van der Waals surface area contributed by atoms with Crippen LogP contribution in [0.3, 0.4) is 0 Å². The zero-order valence-corrected chi connectivity index (χ0v) is 22.6. The number of rotatable bonds is 10. The Kier molecular flexibility index (Phi) is 7.44. The van der Waals surface area contributed by atoms with Gasteiger partial charge >= 0.3 is 5.97 Å². The minimum atomic E-state index is -1.20. The van der Waals surface area contributed by atoms with Gasteiger partial charge in [0, 0.05) is 30.2 Å². The molecular weight excluding hydrogens is 552 g/mol. The number of likely N-dealkylation sites (tertiary alicyclic amines) is 1. The number of esters is 1. The number of anilines is 1. The Balaban J connectivity index is 1.57. The normalized spacial score (nSPS) is 29.4. The molecule has 2 amide bonds. The SMILES string of the molecule is C=CCOC(=O)[C@H]1[C@H]2C(=O)N(CCCO)C(C(=O)N(CC=C)c3ccc4ccccc4c3)C23CC(Br)[C@@H]1O3. The van der Waals surface area contributed by atoms with Crippen LogP contribution in [0, 0.1) is 11.8 Å². The Bertz CT molecular complexity index is 1280. The Hall–Kier alpha value is -3.01. The number of carbonyl (C=O) groups is 3. The summed E-state index contributed by atoms with van der Waals surface area (Å²) in [7, 11) is 0. The lowest BCUT2D eigenvalue weighted by molar-refractivity contribution is -0.153. The fourth-order valence-corrected chi connectivity index (χ4v) is 7.28. The first-order valence-electron chi connectivity index (χ1n) is 12.8. The first-order valence-corrected chi connectivity index (χ1v) is 13.7. The third-order valence-electron chi connectivity index (χ3n) is 7.82. The van der Waals surface area contributed by atoms with Crippen molar-refractivity contribution in [3.8, 4) is 0 Å². The lowest BCUT2D eigenvalue weighted by Crippen LogP contribution is -2.57. The van der Waals surface area contributed by atoms with Gasteiger partial charge in [0.25, 0.3) is 5.91 Å². The number of hydrogen-bond donors (Lipinski definition) is 1. The van der Waals surface area contributed by atoms with Gasteiger partial charge in [-0.2, -0.15) is 0 Å². The van der Waals surface area contributed by atoms with Crippen molar-refractivity contribution in [2.75, 3.05) is 31.2 Å². The molecule has 3 unspecified atom stereocenters. The van der Waals surface area contributed by atoms with Crippen molar-refractivity contribution in [2.24, 2.45) is 11.8 Å². The minimum absolute atomic E-state index is 0.0224. The second kappa shape index (κ2) is 10.6. The van der Waals surface area contributed by atoms with Crippen LogP contribution in [0.1, 0.15) is 12.8 Å². The van der Waals surface area contributed by atoms with Crippen LogP contribution in [-0.2, 0) is 23.9 Å². The van der Waals surface area contributed by atoms with Gasteiger partial charge in [-0.1, -0.05) is 65.0 Å². The summed E-state index contributed by atoms with van der Waals surface area (Å²) in [6.07, 6.45) is 3.21. The predicted octanol–water partition coefficient (Wildman–Crippen LogP) is 3.22. The number of amides is 2. The molecule has 2 aromatic carbocycles. The molecule has 0 saturated carbocycles.